The summed E-state index contributed by atoms with van der Waals surface area (Å²) in [4.78, 5) is 3.78. The number of likely N-dealkylation sites (N-methyl/N-ethyl adjacent to an activating group) is 1. The maximum absolute atomic E-state index is 3.71. The molecule has 1 fully saturated rings. The molecule has 2 nitrogen and oxygen atoms in total. The Balaban J connectivity index is 2.32. The molecule has 1 aliphatic rings. The number of hydrogen-bond acceptors (Lipinski definition) is 1. The van der Waals surface area contributed by atoms with E-state index in [2.05, 4.69) is 18.5 Å². The maximum Gasteiger partial charge on any atom is 0.137 e. The van der Waals surface area contributed by atoms with Gasteiger partial charge in [-0.1, -0.05) is 0 Å². The van der Waals surface area contributed by atoms with Crippen molar-refractivity contribution in [3.8, 4) is 0 Å². The average molecular weight is 113 g/mol. The Morgan fingerprint density at radius 3 is 2.75 bits per heavy atom. The summed E-state index contributed by atoms with van der Waals surface area (Å²) in [5.74, 6) is 0. The van der Waals surface area contributed by atoms with Gasteiger partial charge < -0.3 is 0 Å². The lowest BCUT2D eigenvalue weighted by Gasteiger charge is -2.03. The van der Waals surface area contributed by atoms with E-state index < -0.39 is 0 Å². The quantitative estimate of drug-likeness (QED) is 0.454. The molecule has 0 aromatic carbocycles. The molecule has 0 aromatic heterocycles. The minimum Gasteiger partial charge on any atom is -0.296 e. The zero-order valence-electron chi connectivity index (χ0n) is 5.35. The van der Waals surface area contributed by atoms with Crippen molar-refractivity contribution >= 4 is 0 Å². The Morgan fingerprint density at radius 1 is 1.75 bits per heavy atom. The molecule has 0 amide bonds. The fourth-order valence-electron chi connectivity index (χ4n) is 1.01. The van der Waals surface area contributed by atoms with Gasteiger partial charge in [0.15, 0.2) is 0 Å². The zero-order chi connectivity index (χ0) is 5.98. The molecule has 46 valence electrons. The summed E-state index contributed by atoms with van der Waals surface area (Å²) in [5, 5.41) is 0. The standard InChI is InChI=1S/C6H12N2/c1-3-8-5-4-7(2)6-8/h3H,1,4-6H2,2H3/p+1. The maximum atomic E-state index is 3.71. The lowest BCUT2D eigenvalue weighted by Crippen LogP contribution is -3.05. The fraction of sp³-hybridized carbons (Fsp3) is 0.667. The minimum atomic E-state index is 1.13. The van der Waals surface area contributed by atoms with Crippen LogP contribution in [0.15, 0.2) is 12.8 Å². The first-order valence-corrected chi connectivity index (χ1v) is 2.98. The van der Waals surface area contributed by atoms with E-state index in [1.54, 1.807) is 0 Å². The van der Waals surface area contributed by atoms with Crippen LogP contribution in [0.25, 0.3) is 0 Å². The van der Waals surface area contributed by atoms with Crippen molar-refractivity contribution in [1.82, 2.24) is 4.90 Å². The molecule has 1 saturated heterocycles. The first kappa shape index (κ1) is 5.79. The lowest BCUT2D eigenvalue weighted by molar-refractivity contribution is -0.837. The number of rotatable bonds is 1. The molecule has 1 atom stereocenters. The van der Waals surface area contributed by atoms with E-state index in [9.17, 15) is 0 Å². The van der Waals surface area contributed by atoms with Crippen LogP contribution < -0.4 is 4.90 Å². The van der Waals surface area contributed by atoms with E-state index in [0.717, 1.165) is 6.67 Å². The van der Waals surface area contributed by atoms with Gasteiger partial charge in [0.1, 0.15) is 6.67 Å². The second-order valence-corrected chi connectivity index (χ2v) is 2.35. The van der Waals surface area contributed by atoms with Gasteiger partial charge in [-0.15, -0.1) is 0 Å². The first-order chi connectivity index (χ1) is 3.83. The van der Waals surface area contributed by atoms with Gasteiger partial charge in [-0.25, -0.2) is 0 Å². The van der Waals surface area contributed by atoms with Crippen LogP contribution in [0.2, 0.25) is 0 Å². The Bertz CT molecular complexity index is 90.5. The summed E-state index contributed by atoms with van der Waals surface area (Å²) in [6.07, 6.45) is 1.98. The summed E-state index contributed by atoms with van der Waals surface area (Å²) in [5.41, 5.74) is 0. The third-order valence-corrected chi connectivity index (χ3v) is 1.58. The van der Waals surface area contributed by atoms with E-state index in [4.69, 9.17) is 0 Å². The van der Waals surface area contributed by atoms with Crippen molar-refractivity contribution in [3.05, 3.63) is 12.8 Å². The van der Waals surface area contributed by atoms with Gasteiger partial charge >= 0.3 is 0 Å². The van der Waals surface area contributed by atoms with Crippen molar-refractivity contribution in [2.75, 3.05) is 26.8 Å². The van der Waals surface area contributed by atoms with Crippen molar-refractivity contribution in [3.63, 3.8) is 0 Å². The third-order valence-electron chi connectivity index (χ3n) is 1.58. The highest BCUT2D eigenvalue weighted by atomic mass is 15.3. The fourth-order valence-corrected chi connectivity index (χ4v) is 1.01. The van der Waals surface area contributed by atoms with E-state index in [-0.39, 0.29) is 0 Å². The first-order valence-electron chi connectivity index (χ1n) is 2.98. The highest BCUT2D eigenvalue weighted by Crippen LogP contribution is 1.78. The van der Waals surface area contributed by atoms with Crippen LogP contribution in [0.4, 0.5) is 0 Å². The molecule has 1 rings (SSSR count). The summed E-state index contributed by atoms with van der Waals surface area (Å²) < 4.78 is 0. The molecule has 1 heterocycles. The van der Waals surface area contributed by atoms with Crippen LogP contribution in [0.3, 0.4) is 0 Å². The van der Waals surface area contributed by atoms with Crippen molar-refractivity contribution in [1.29, 1.82) is 0 Å². The van der Waals surface area contributed by atoms with E-state index >= 15 is 0 Å². The van der Waals surface area contributed by atoms with Gasteiger partial charge in [-0.2, -0.15) is 0 Å². The Morgan fingerprint density at radius 2 is 2.50 bits per heavy atom. The summed E-state index contributed by atoms with van der Waals surface area (Å²) >= 11 is 0. The largest absolute Gasteiger partial charge is 0.296 e. The highest BCUT2D eigenvalue weighted by Gasteiger charge is 2.15. The Labute approximate surface area is 50.4 Å². The van der Waals surface area contributed by atoms with Gasteiger partial charge in [0.05, 0.1) is 19.3 Å². The molecule has 0 spiro atoms. The number of quaternary nitrogens is 1. The molecular weight excluding hydrogens is 100 g/mol. The van der Waals surface area contributed by atoms with Crippen LogP contribution in [-0.2, 0) is 0 Å². The molecule has 0 aromatic rings. The SMILES string of the molecule is C=C[NH+]1CCN(C)C1. The van der Waals surface area contributed by atoms with Crippen LogP contribution in [-0.4, -0.2) is 31.7 Å². The predicted molar refractivity (Wildman–Crippen MR) is 33.5 cm³/mol. The molecule has 1 N–H and O–H groups in total. The molecular formula is C6H13N2+. The second kappa shape index (κ2) is 2.29. The Kier molecular flexibility index (Phi) is 1.65. The number of nitrogens with one attached hydrogen (secondary N) is 1. The van der Waals surface area contributed by atoms with Crippen LogP contribution in [0.1, 0.15) is 0 Å². The van der Waals surface area contributed by atoms with Gasteiger partial charge in [-0.3, -0.25) is 9.80 Å². The molecule has 8 heavy (non-hydrogen) atoms. The smallest absolute Gasteiger partial charge is 0.137 e. The molecule has 0 aliphatic carbocycles. The van der Waals surface area contributed by atoms with Crippen LogP contribution in [0.5, 0.6) is 0 Å². The van der Waals surface area contributed by atoms with Gasteiger partial charge in [0.2, 0.25) is 0 Å². The van der Waals surface area contributed by atoms with Crippen molar-refractivity contribution < 1.29 is 4.90 Å². The topological polar surface area (TPSA) is 7.68 Å². The molecule has 1 unspecified atom stereocenters. The Hall–Kier alpha value is -0.340. The van der Waals surface area contributed by atoms with E-state index in [1.807, 2.05) is 6.20 Å². The number of nitrogens with zero attached hydrogens (tertiary/aromatic N) is 1. The molecule has 2 heteroatoms. The van der Waals surface area contributed by atoms with Crippen LogP contribution >= 0.6 is 0 Å². The zero-order valence-corrected chi connectivity index (χ0v) is 5.35. The average Bonchev–Trinajstić information content (AvgIpc) is 2.14. The minimum absolute atomic E-state index is 1.13. The van der Waals surface area contributed by atoms with Crippen molar-refractivity contribution in [2.24, 2.45) is 0 Å². The van der Waals surface area contributed by atoms with Gasteiger partial charge in [-0.05, 0) is 13.6 Å². The highest BCUT2D eigenvalue weighted by molar-refractivity contribution is 4.55. The molecule has 0 saturated carbocycles. The third kappa shape index (κ3) is 1.08. The molecule has 1 aliphatic heterocycles. The predicted octanol–water partition coefficient (Wildman–Crippen LogP) is -1.08. The van der Waals surface area contributed by atoms with Crippen molar-refractivity contribution in [2.45, 2.75) is 0 Å². The molecule has 0 radical (unpaired) electrons. The second-order valence-electron chi connectivity index (χ2n) is 2.35. The van der Waals surface area contributed by atoms with Gasteiger partial charge in [0.25, 0.3) is 0 Å². The van der Waals surface area contributed by atoms with E-state index in [0.29, 0.717) is 0 Å². The lowest BCUT2D eigenvalue weighted by atomic mass is 10.6. The summed E-state index contributed by atoms with van der Waals surface area (Å²) in [6.45, 7) is 7.27. The van der Waals surface area contributed by atoms with Crippen LogP contribution in [0, 0.1) is 0 Å². The normalized spacial score (nSPS) is 30.9. The number of hydrogen-bond donors (Lipinski definition) is 1. The van der Waals surface area contributed by atoms with E-state index in [1.165, 1.54) is 18.0 Å². The monoisotopic (exact) mass is 113 g/mol. The summed E-state index contributed by atoms with van der Waals surface area (Å²) in [6, 6.07) is 0. The van der Waals surface area contributed by atoms with Gasteiger partial charge in [0, 0.05) is 0 Å². The molecule has 0 bridgehead atoms. The summed E-state index contributed by atoms with van der Waals surface area (Å²) in [7, 11) is 2.14.